The molecule has 0 fully saturated rings. The lowest BCUT2D eigenvalue weighted by Crippen LogP contribution is -2.37. The number of thiophene rings is 2. The number of nitrogens with one attached hydrogen (secondary N) is 1. The van der Waals surface area contributed by atoms with Crippen LogP contribution >= 0.6 is 22.7 Å². The Morgan fingerprint density at radius 1 is 1.23 bits per heavy atom. The third-order valence-corrected chi connectivity index (χ3v) is 5.63. The molecule has 2 rings (SSSR count). The van der Waals surface area contributed by atoms with Crippen LogP contribution in [0.3, 0.4) is 0 Å². The van der Waals surface area contributed by atoms with Crippen LogP contribution in [0.1, 0.15) is 47.6 Å². The van der Waals surface area contributed by atoms with Gasteiger partial charge in [-0.05, 0) is 58.9 Å². The van der Waals surface area contributed by atoms with E-state index in [-0.39, 0.29) is 11.9 Å². The quantitative estimate of drug-likeness (QED) is 0.784. The first-order valence-corrected chi connectivity index (χ1v) is 9.64. The van der Waals surface area contributed by atoms with Crippen LogP contribution in [0.2, 0.25) is 0 Å². The van der Waals surface area contributed by atoms with Crippen molar-refractivity contribution in [1.82, 2.24) is 10.2 Å². The molecule has 5 heteroatoms. The highest BCUT2D eigenvalue weighted by Crippen LogP contribution is 2.23. The summed E-state index contributed by atoms with van der Waals surface area (Å²) in [7, 11) is 0. The number of likely N-dealkylation sites (N-methyl/N-ethyl adjacent to an activating group) is 1. The predicted octanol–water partition coefficient (Wildman–Crippen LogP) is 4.18. The van der Waals surface area contributed by atoms with E-state index in [2.05, 4.69) is 47.8 Å². The topological polar surface area (TPSA) is 32.3 Å². The highest BCUT2D eigenvalue weighted by atomic mass is 32.1. The molecule has 2 heterocycles. The lowest BCUT2D eigenvalue weighted by atomic mass is 10.1. The molecule has 0 aliphatic heterocycles. The molecule has 1 atom stereocenters. The van der Waals surface area contributed by atoms with Crippen molar-refractivity contribution in [3.63, 3.8) is 0 Å². The number of hydrogen-bond donors (Lipinski definition) is 1. The Labute approximate surface area is 141 Å². The molecule has 0 aliphatic rings. The molecule has 2 aromatic rings. The highest BCUT2D eigenvalue weighted by molar-refractivity contribution is 7.12. The van der Waals surface area contributed by atoms with Crippen molar-refractivity contribution in [2.75, 3.05) is 19.6 Å². The molecule has 120 valence electrons. The minimum absolute atomic E-state index is 0.0548. The molecule has 0 aromatic carbocycles. The summed E-state index contributed by atoms with van der Waals surface area (Å²) in [4.78, 5) is 15.7. The van der Waals surface area contributed by atoms with Gasteiger partial charge in [-0.15, -0.1) is 11.3 Å². The maximum Gasteiger partial charge on any atom is 0.261 e. The zero-order chi connectivity index (χ0) is 15.9. The first-order valence-electron chi connectivity index (χ1n) is 7.81. The monoisotopic (exact) mass is 336 g/mol. The standard InChI is InChI=1S/C17H24N2OS2/c1-4-13-8-10-22-16(13)17(20)18-11-15(19(5-2)6-3)14-7-9-21-12-14/h7-10,12,15H,4-6,11H2,1-3H3,(H,18,20). The van der Waals surface area contributed by atoms with Gasteiger partial charge in [-0.25, -0.2) is 0 Å². The molecule has 0 saturated carbocycles. The van der Waals surface area contributed by atoms with Crippen LogP contribution in [-0.4, -0.2) is 30.4 Å². The SMILES string of the molecule is CCc1ccsc1C(=O)NCC(c1ccsc1)N(CC)CC. The third kappa shape index (κ3) is 3.97. The maximum absolute atomic E-state index is 12.4. The van der Waals surface area contributed by atoms with Crippen molar-refractivity contribution >= 4 is 28.6 Å². The number of rotatable bonds is 8. The first-order chi connectivity index (χ1) is 10.7. The smallest absolute Gasteiger partial charge is 0.261 e. The van der Waals surface area contributed by atoms with Gasteiger partial charge in [0.05, 0.1) is 10.9 Å². The van der Waals surface area contributed by atoms with Crippen molar-refractivity contribution in [3.8, 4) is 0 Å². The van der Waals surface area contributed by atoms with Gasteiger partial charge in [0.15, 0.2) is 0 Å². The molecule has 2 aromatic heterocycles. The Hall–Kier alpha value is -1.17. The molecular weight excluding hydrogens is 312 g/mol. The Kier molecular flexibility index (Phi) is 6.61. The second-order valence-electron chi connectivity index (χ2n) is 5.13. The Balaban J connectivity index is 2.07. The summed E-state index contributed by atoms with van der Waals surface area (Å²) < 4.78 is 0. The van der Waals surface area contributed by atoms with Gasteiger partial charge < -0.3 is 5.32 Å². The molecule has 22 heavy (non-hydrogen) atoms. The van der Waals surface area contributed by atoms with Crippen LogP contribution in [0, 0.1) is 0 Å². The van der Waals surface area contributed by atoms with Gasteiger partial charge in [0.2, 0.25) is 0 Å². The van der Waals surface area contributed by atoms with E-state index in [9.17, 15) is 4.79 Å². The van der Waals surface area contributed by atoms with Crippen molar-refractivity contribution < 1.29 is 4.79 Å². The van der Waals surface area contributed by atoms with Crippen LogP contribution in [0.5, 0.6) is 0 Å². The Morgan fingerprint density at radius 2 is 2.00 bits per heavy atom. The van der Waals surface area contributed by atoms with Gasteiger partial charge in [0.25, 0.3) is 5.91 Å². The van der Waals surface area contributed by atoms with Crippen LogP contribution in [0.15, 0.2) is 28.3 Å². The second kappa shape index (κ2) is 8.46. The fourth-order valence-corrected chi connectivity index (χ4v) is 4.29. The number of hydrogen-bond acceptors (Lipinski definition) is 4. The van der Waals surface area contributed by atoms with Crippen molar-refractivity contribution in [2.45, 2.75) is 33.2 Å². The molecular formula is C17H24N2OS2. The minimum atomic E-state index is 0.0548. The largest absolute Gasteiger partial charge is 0.349 e. The minimum Gasteiger partial charge on any atom is -0.349 e. The number of aryl methyl sites for hydroxylation is 1. The summed E-state index contributed by atoms with van der Waals surface area (Å²) in [5, 5.41) is 9.40. The normalized spacial score (nSPS) is 12.5. The summed E-state index contributed by atoms with van der Waals surface area (Å²) in [6.07, 6.45) is 0.899. The van der Waals surface area contributed by atoms with Crippen LogP contribution < -0.4 is 5.32 Å². The summed E-state index contributed by atoms with van der Waals surface area (Å²) in [5.41, 5.74) is 2.42. The highest BCUT2D eigenvalue weighted by Gasteiger charge is 2.20. The number of nitrogens with zero attached hydrogens (tertiary/aromatic N) is 1. The van der Waals surface area contributed by atoms with Crippen LogP contribution in [-0.2, 0) is 6.42 Å². The number of carbonyl (C=O) groups is 1. The van der Waals surface area contributed by atoms with E-state index in [1.54, 1.807) is 11.3 Å². The van der Waals surface area contributed by atoms with E-state index in [0.717, 1.165) is 30.0 Å². The summed E-state index contributed by atoms with van der Waals surface area (Å²) in [5.74, 6) is 0.0548. The van der Waals surface area contributed by atoms with E-state index in [1.807, 2.05) is 11.4 Å². The fraction of sp³-hybridized carbons (Fsp3) is 0.471. The van der Waals surface area contributed by atoms with Gasteiger partial charge in [-0.2, -0.15) is 11.3 Å². The molecule has 0 aliphatic carbocycles. The summed E-state index contributed by atoms with van der Waals surface area (Å²) in [6, 6.07) is 4.44. The van der Waals surface area contributed by atoms with Crippen molar-refractivity contribution in [1.29, 1.82) is 0 Å². The average molecular weight is 337 g/mol. The maximum atomic E-state index is 12.4. The first kappa shape index (κ1) is 17.2. The predicted molar refractivity (Wildman–Crippen MR) is 96.0 cm³/mol. The van der Waals surface area contributed by atoms with E-state index < -0.39 is 0 Å². The van der Waals surface area contributed by atoms with E-state index in [4.69, 9.17) is 0 Å². The summed E-state index contributed by atoms with van der Waals surface area (Å²) in [6.45, 7) is 9.03. The molecule has 1 N–H and O–H groups in total. The van der Waals surface area contributed by atoms with E-state index in [1.165, 1.54) is 16.9 Å². The molecule has 1 amide bonds. The lowest BCUT2D eigenvalue weighted by molar-refractivity contribution is 0.0938. The molecule has 0 spiro atoms. The summed E-state index contributed by atoms with van der Waals surface area (Å²) >= 11 is 3.23. The van der Waals surface area contributed by atoms with Gasteiger partial charge in [0.1, 0.15) is 0 Å². The number of carbonyl (C=O) groups excluding carboxylic acids is 1. The van der Waals surface area contributed by atoms with Crippen LogP contribution in [0.4, 0.5) is 0 Å². The van der Waals surface area contributed by atoms with Gasteiger partial charge >= 0.3 is 0 Å². The van der Waals surface area contributed by atoms with E-state index in [0.29, 0.717) is 6.54 Å². The molecule has 0 saturated heterocycles. The average Bonchev–Trinajstić information content (AvgIpc) is 3.21. The second-order valence-corrected chi connectivity index (χ2v) is 6.83. The van der Waals surface area contributed by atoms with Crippen LogP contribution in [0.25, 0.3) is 0 Å². The van der Waals surface area contributed by atoms with E-state index >= 15 is 0 Å². The molecule has 0 radical (unpaired) electrons. The van der Waals surface area contributed by atoms with Gasteiger partial charge in [-0.3, -0.25) is 9.69 Å². The zero-order valence-electron chi connectivity index (χ0n) is 13.5. The Morgan fingerprint density at radius 3 is 2.59 bits per heavy atom. The third-order valence-electron chi connectivity index (χ3n) is 3.97. The molecule has 0 bridgehead atoms. The fourth-order valence-electron chi connectivity index (χ4n) is 2.67. The Bertz CT molecular complexity index is 573. The molecule has 3 nitrogen and oxygen atoms in total. The number of amides is 1. The van der Waals surface area contributed by atoms with Crippen molar-refractivity contribution in [3.05, 3.63) is 44.3 Å². The molecule has 1 unspecified atom stereocenters. The van der Waals surface area contributed by atoms with Crippen molar-refractivity contribution in [2.24, 2.45) is 0 Å². The lowest BCUT2D eigenvalue weighted by Gasteiger charge is -2.29. The zero-order valence-corrected chi connectivity index (χ0v) is 15.1. The van der Waals surface area contributed by atoms with Gasteiger partial charge in [0, 0.05) is 6.54 Å². The van der Waals surface area contributed by atoms with Gasteiger partial charge in [-0.1, -0.05) is 20.8 Å².